The summed E-state index contributed by atoms with van der Waals surface area (Å²) in [6.45, 7) is 11.0. The number of piperidine rings is 2. The van der Waals surface area contributed by atoms with Crippen molar-refractivity contribution in [2.75, 3.05) is 40.4 Å². The Balaban J connectivity index is 0.000000239. The summed E-state index contributed by atoms with van der Waals surface area (Å²) in [5.74, 6) is 0.543. The predicted octanol–water partition coefficient (Wildman–Crippen LogP) is 3.77. The third kappa shape index (κ3) is 10.8. The van der Waals surface area contributed by atoms with Gasteiger partial charge in [-0.3, -0.25) is 9.36 Å². The van der Waals surface area contributed by atoms with E-state index in [0.29, 0.717) is 17.3 Å². The summed E-state index contributed by atoms with van der Waals surface area (Å²) in [6.07, 6.45) is 9.92. The molecule has 12 nitrogen and oxygen atoms in total. The number of esters is 2. The van der Waals surface area contributed by atoms with E-state index in [2.05, 4.69) is 25.0 Å². The zero-order chi connectivity index (χ0) is 29.8. The van der Waals surface area contributed by atoms with Gasteiger partial charge in [-0.2, -0.15) is 10.2 Å². The number of hydrogen-bond acceptors (Lipinski definition) is 9. The fourth-order valence-corrected chi connectivity index (χ4v) is 4.93. The summed E-state index contributed by atoms with van der Waals surface area (Å²) in [5, 5.41) is 11.8. The molecule has 1 N–H and O–H groups in total. The molecule has 4 heterocycles. The van der Waals surface area contributed by atoms with Gasteiger partial charge in [0.15, 0.2) is 11.4 Å². The molecule has 1 amide bonds. The van der Waals surface area contributed by atoms with Gasteiger partial charge in [-0.1, -0.05) is 0 Å². The Morgan fingerprint density at radius 3 is 1.73 bits per heavy atom. The number of methoxy groups -OCH3 is 2. The molecule has 2 aliphatic rings. The van der Waals surface area contributed by atoms with Crippen molar-refractivity contribution in [3.63, 3.8) is 0 Å². The molecule has 0 saturated carbocycles. The van der Waals surface area contributed by atoms with Crippen LogP contribution in [-0.2, 0) is 27.3 Å². The van der Waals surface area contributed by atoms with Crippen LogP contribution >= 0.6 is 0 Å². The number of aromatic nitrogens is 4. The van der Waals surface area contributed by atoms with E-state index in [1.807, 2.05) is 31.6 Å². The maximum absolute atomic E-state index is 12.0. The Bertz CT molecular complexity index is 1110. The average Bonchev–Trinajstić information content (AvgIpc) is 3.65. The molecule has 2 aromatic heterocycles. The molecule has 0 radical (unpaired) electrons. The third-order valence-electron chi connectivity index (χ3n) is 7.33. The first-order chi connectivity index (χ1) is 19.6. The molecular formula is C29H46N6O6. The minimum atomic E-state index is -0.453. The number of carbonyl (C=O) groups is 3. The number of carbonyl (C=O) groups excluding carboxylic acids is 3. The number of rotatable bonds is 8. The normalized spacial score (nSPS) is 16.5. The van der Waals surface area contributed by atoms with Crippen LogP contribution in [0.3, 0.4) is 0 Å². The minimum absolute atomic E-state index is 0.226. The van der Waals surface area contributed by atoms with Crippen LogP contribution in [0.25, 0.3) is 0 Å². The summed E-state index contributed by atoms with van der Waals surface area (Å²) in [5.41, 5.74) is 0.265. The highest BCUT2D eigenvalue weighted by Crippen LogP contribution is 2.23. The van der Waals surface area contributed by atoms with E-state index >= 15 is 0 Å². The minimum Gasteiger partial charge on any atom is -0.464 e. The molecule has 0 unspecified atom stereocenters. The van der Waals surface area contributed by atoms with Crippen LogP contribution in [0.15, 0.2) is 24.5 Å². The quantitative estimate of drug-likeness (QED) is 0.370. The fourth-order valence-electron chi connectivity index (χ4n) is 4.93. The molecule has 41 heavy (non-hydrogen) atoms. The van der Waals surface area contributed by atoms with Crippen molar-refractivity contribution < 1.29 is 28.6 Å². The van der Waals surface area contributed by atoms with Crippen LogP contribution in [0.4, 0.5) is 4.79 Å². The monoisotopic (exact) mass is 574 g/mol. The molecule has 0 bridgehead atoms. The van der Waals surface area contributed by atoms with Crippen molar-refractivity contribution in [2.45, 2.75) is 78.0 Å². The van der Waals surface area contributed by atoms with Crippen LogP contribution in [0.1, 0.15) is 80.3 Å². The van der Waals surface area contributed by atoms with Crippen molar-refractivity contribution in [1.29, 1.82) is 0 Å². The predicted molar refractivity (Wildman–Crippen MR) is 152 cm³/mol. The number of likely N-dealkylation sites (tertiary alicyclic amines) is 1. The van der Waals surface area contributed by atoms with Gasteiger partial charge in [0, 0.05) is 38.6 Å². The van der Waals surface area contributed by atoms with E-state index < -0.39 is 11.6 Å². The standard InChI is InChI=1S/C17H27N3O4.C12H19N3O2/c1-17(2,3)24-16(22)19-9-5-13(6-10-19)7-11-20-12-8-14(18-20)15(21)23-4;1-17-12(16)11-5-9-15(14-11)8-4-10-2-6-13-7-3-10/h8,12-13H,5-7,9-11H2,1-4H3;5,9-10,13H,2-4,6-8H2,1H3. The molecule has 0 atom stereocenters. The molecule has 0 aromatic carbocycles. The third-order valence-corrected chi connectivity index (χ3v) is 7.33. The van der Waals surface area contributed by atoms with Gasteiger partial charge in [-0.05, 0) is 96.4 Å². The van der Waals surface area contributed by atoms with Gasteiger partial charge in [0.1, 0.15) is 5.60 Å². The van der Waals surface area contributed by atoms with Crippen LogP contribution in [-0.4, -0.2) is 88.5 Å². The lowest BCUT2D eigenvalue weighted by molar-refractivity contribution is 0.0179. The molecule has 2 aromatic rings. The first kappa shape index (κ1) is 32.1. The summed E-state index contributed by atoms with van der Waals surface area (Å²) in [7, 11) is 2.72. The summed E-state index contributed by atoms with van der Waals surface area (Å²) < 4.78 is 18.3. The highest BCUT2D eigenvalue weighted by molar-refractivity contribution is 5.87. The SMILES string of the molecule is COC(=O)c1ccn(CCC2CCN(C(=O)OC(C)(C)C)CC2)n1.COC(=O)c1ccn(CCC2CCNCC2)n1. The van der Waals surface area contributed by atoms with E-state index in [-0.39, 0.29) is 12.1 Å². The fraction of sp³-hybridized carbons (Fsp3) is 0.690. The molecule has 12 heteroatoms. The lowest BCUT2D eigenvalue weighted by atomic mass is 9.94. The zero-order valence-corrected chi connectivity index (χ0v) is 25.1. The Kier molecular flexibility index (Phi) is 12.2. The first-order valence-electron chi connectivity index (χ1n) is 14.5. The summed E-state index contributed by atoms with van der Waals surface area (Å²) >= 11 is 0. The number of amides is 1. The Morgan fingerprint density at radius 1 is 0.829 bits per heavy atom. The van der Waals surface area contributed by atoms with Gasteiger partial charge < -0.3 is 24.4 Å². The van der Waals surface area contributed by atoms with Gasteiger partial charge >= 0.3 is 18.0 Å². The second kappa shape index (κ2) is 15.6. The van der Waals surface area contributed by atoms with Gasteiger partial charge in [0.25, 0.3) is 0 Å². The van der Waals surface area contributed by atoms with E-state index in [1.165, 1.54) is 27.1 Å². The molecule has 2 aliphatic heterocycles. The highest BCUT2D eigenvalue weighted by Gasteiger charge is 2.26. The van der Waals surface area contributed by atoms with Crippen LogP contribution < -0.4 is 5.32 Å². The van der Waals surface area contributed by atoms with Crippen LogP contribution in [0, 0.1) is 11.8 Å². The van der Waals surface area contributed by atoms with Crippen molar-refractivity contribution in [1.82, 2.24) is 29.8 Å². The Labute approximate surface area is 242 Å². The second-order valence-corrected chi connectivity index (χ2v) is 11.6. The zero-order valence-electron chi connectivity index (χ0n) is 25.1. The average molecular weight is 575 g/mol. The highest BCUT2D eigenvalue weighted by atomic mass is 16.6. The van der Waals surface area contributed by atoms with E-state index in [9.17, 15) is 14.4 Å². The Hall–Kier alpha value is -3.41. The summed E-state index contributed by atoms with van der Waals surface area (Å²) in [4.78, 5) is 36.4. The van der Waals surface area contributed by atoms with Gasteiger partial charge in [0.05, 0.1) is 14.2 Å². The van der Waals surface area contributed by atoms with Crippen molar-refractivity contribution >= 4 is 18.0 Å². The molecular weight excluding hydrogens is 528 g/mol. The maximum atomic E-state index is 12.0. The molecule has 4 rings (SSSR count). The number of ether oxygens (including phenoxy) is 3. The maximum Gasteiger partial charge on any atom is 0.410 e. The van der Waals surface area contributed by atoms with Gasteiger partial charge in [-0.25, -0.2) is 14.4 Å². The first-order valence-corrected chi connectivity index (χ1v) is 14.5. The van der Waals surface area contributed by atoms with E-state index in [1.54, 1.807) is 27.9 Å². The van der Waals surface area contributed by atoms with Crippen molar-refractivity contribution in [3.8, 4) is 0 Å². The lowest BCUT2D eigenvalue weighted by Crippen LogP contribution is -2.41. The number of nitrogens with zero attached hydrogens (tertiary/aromatic N) is 5. The largest absolute Gasteiger partial charge is 0.464 e. The molecule has 228 valence electrons. The number of nitrogens with one attached hydrogen (secondary N) is 1. The van der Waals surface area contributed by atoms with Gasteiger partial charge in [0.2, 0.25) is 0 Å². The molecule has 2 fully saturated rings. The molecule has 0 aliphatic carbocycles. The van der Waals surface area contributed by atoms with Crippen LogP contribution in [0.2, 0.25) is 0 Å². The van der Waals surface area contributed by atoms with Crippen LogP contribution in [0.5, 0.6) is 0 Å². The lowest BCUT2D eigenvalue weighted by Gasteiger charge is -2.33. The van der Waals surface area contributed by atoms with E-state index in [4.69, 9.17) is 4.74 Å². The number of hydrogen-bond donors (Lipinski definition) is 1. The number of aryl methyl sites for hydroxylation is 2. The molecule has 0 spiro atoms. The van der Waals surface area contributed by atoms with Gasteiger partial charge in [-0.15, -0.1) is 0 Å². The summed E-state index contributed by atoms with van der Waals surface area (Å²) in [6, 6.07) is 3.37. The Morgan fingerprint density at radius 2 is 1.29 bits per heavy atom. The van der Waals surface area contributed by atoms with Crippen molar-refractivity contribution in [3.05, 3.63) is 35.9 Å². The van der Waals surface area contributed by atoms with Crippen molar-refractivity contribution in [2.24, 2.45) is 11.8 Å². The van der Waals surface area contributed by atoms with E-state index in [0.717, 1.165) is 70.9 Å². The smallest absolute Gasteiger partial charge is 0.410 e. The topological polar surface area (TPSA) is 130 Å². The second-order valence-electron chi connectivity index (χ2n) is 11.6. The molecule has 2 saturated heterocycles.